The summed E-state index contributed by atoms with van der Waals surface area (Å²) in [5.74, 6) is 0.264. The van der Waals surface area contributed by atoms with Crippen LogP contribution in [-0.2, 0) is 26.1 Å². The van der Waals surface area contributed by atoms with Crippen LogP contribution in [0.15, 0.2) is 24.3 Å². The minimum atomic E-state index is -3.10. The monoisotopic (exact) mass is 357 g/mol. The first-order valence-corrected chi connectivity index (χ1v) is 9.98. The molecule has 2 heterocycles. The van der Waals surface area contributed by atoms with Crippen LogP contribution in [-0.4, -0.2) is 50.4 Å². The van der Waals surface area contributed by atoms with E-state index in [-0.39, 0.29) is 23.8 Å². The molecular formula is C17H24FNO4S. The van der Waals surface area contributed by atoms with Crippen molar-refractivity contribution >= 4 is 10.0 Å². The highest BCUT2D eigenvalue weighted by Gasteiger charge is 2.52. The second-order valence-electron chi connectivity index (χ2n) is 6.67. The van der Waals surface area contributed by atoms with Gasteiger partial charge in [0.2, 0.25) is 10.0 Å². The van der Waals surface area contributed by atoms with Crippen LogP contribution in [0.3, 0.4) is 0 Å². The fraction of sp³-hybridized carbons (Fsp3) is 0.647. The zero-order chi connectivity index (χ0) is 17.2. The number of benzene rings is 1. The molecule has 0 N–H and O–H groups in total. The molecule has 2 aliphatic rings. The zero-order valence-electron chi connectivity index (χ0n) is 13.9. The van der Waals surface area contributed by atoms with Crippen molar-refractivity contribution in [2.24, 2.45) is 5.92 Å². The van der Waals surface area contributed by atoms with Crippen molar-refractivity contribution in [1.29, 1.82) is 0 Å². The van der Waals surface area contributed by atoms with E-state index in [1.807, 2.05) is 0 Å². The lowest BCUT2D eigenvalue weighted by Gasteiger charge is -2.45. The topological polar surface area (TPSA) is 55.8 Å². The molecule has 2 fully saturated rings. The standard InChI is InChI=1S/C17H24FNO4S/c1-2-24(20,21)19-12-17(13-19)9-14(10-23-17)7-8-22-11-15-5-3-4-6-16(15)18/h3-6,14H,2,7-13H2,1H3. The van der Waals surface area contributed by atoms with Gasteiger partial charge in [0.25, 0.3) is 0 Å². The number of hydrogen-bond acceptors (Lipinski definition) is 4. The first kappa shape index (κ1) is 17.8. The molecule has 3 rings (SSSR count). The van der Waals surface area contributed by atoms with Gasteiger partial charge in [0.1, 0.15) is 5.82 Å². The molecule has 1 unspecified atom stereocenters. The summed E-state index contributed by atoms with van der Waals surface area (Å²) in [7, 11) is -3.10. The second-order valence-corrected chi connectivity index (χ2v) is 8.92. The molecule has 0 aromatic heterocycles. The van der Waals surface area contributed by atoms with Crippen LogP contribution in [0.25, 0.3) is 0 Å². The summed E-state index contributed by atoms with van der Waals surface area (Å²) in [5, 5.41) is 0. The van der Waals surface area contributed by atoms with Crippen molar-refractivity contribution in [3.8, 4) is 0 Å². The van der Waals surface area contributed by atoms with Gasteiger partial charge >= 0.3 is 0 Å². The minimum absolute atomic E-state index is 0.135. The highest BCUT2D eigenvalue weighted by Crippen LogP contribution is 2.40. The van der Waals surface area contributed by atoms with E-state index in [1.54, 1.807) is 25.1 Å². The summed E-state index contributed by atoms with van der Waals surface area (Å²) in [4.78, 5) is 0. The molecule has 134 valence electrons. The van der Waals surface area contributed by atoms with Gasteiger partial charge in [-0.3, -0.25) is 0 Å². The van der Waals surface area contributed by atoms with Crippen LogP contribution in [0, 0.1) is 11.7 Å². The Hall–Kier alpha value is -1.02. The number of hydrogen-bond donors (Lipinski definition) is 0. The van der Waals surface area contributed by atoms with Gasteiger partial charge in [0.05, 0.1) is 24.6 Å². The molecule has 0 aliphatic carbocycles. The van der Waals surface area contributed by atoms with Gasteiger partial charge in [-0.25, -0.2) is 12.8 Å². The Morgan fingerprint density at radius 2 is 2.12 bits per heavy atom. The second kappa shape index (κ2) is 7.07. The lowest BCUT2D eigenvalue weighted by Crippen LogP contribution is -2.63. The third-order valence-electron chi connectivity index (χ3n) is 4.86. The normalized spacial score (nSPS) is 23.5. The van der Waals surface area contributed by atoms with Crippen molar-refractivity contribution in [3.63, 3.8) is 0 Å². The quantitative estimate of drug-likeness (QED) is 0.702. The third-order valence-corrected chi connectivity index (χ3v) is 6.63. The Morgan fingerprint density at radius 1 is 1.38 bits per heavy atom. The molecule has 2 aliphatic heterocycles. The summed E-state index contributed by atoms with van der Waals surface area (Å²) in [6.45, 7) is 4.06. The number of nitrogens with zero attached hydrogens (tertiary/aromatic N) is 1. The maximum absolute atomic E-state index is 13.5. The Bertz CT molecular complexity index is 673. The molecule has 0 radical (unpaired) electrons. The van der Waals surface area contributed by atoms with Crippen molar-refractivity contribution in [1.82, 2.24) is 4.31 Å². The average molecular weight is 357 g/mol. The van der Waals surface area contributed by atoms with Gasteiger partial charge in [0, 0.05) is 25.3 Å². The van der Waals surface area contributed by atoms with Gasteiger partial charge in [0.15, 0.2) is 0 Å². The van der Waals surface area contributed by atoms with Crippen LogP contribution >= 0.6 is 0 Å². The molecule has 2 saturated heterocycles. The van der Waals surface area contributed by atoms with Crippen LogP contribution in [0.4, 0.5) is 4.39 Å². The molecule has 24 heavy (non-hydrogen) atoms. The van der Waals surface area contributed by atoms with Crippen LogP contribution in [0.1, 0.15) is 25.3 Å². The Kier molecular flexibility index (Phi) is 5.24. The van der Waals surface area contributed by atoms with E-state index in [0.29, 0.717) is 37.8 Å². The zero-order valence-corrected chi connectivity index (χ0v) is 14.7. The molecule has 7 heteroatoms. The van der Waals surface area contributed by atoms with E-state index in [4.69, 9.17) is 9.47 Å². The fourth-order valence-electron chi connectivity index (χ4n) is 3.37. The fourth-order valence-corrected chi connectivity index (χ4v) is 4.60. The summed E-state index contributed by atoms with van der Waals surface area (Å²) in [5.41, 5.74) is 0.273. The first-order chi connectivity index (χ1) is 11.4. The Balaban J connectivity index is 1.38. The lowest BCUT2D eigenvalue weighted by molar-refractivity contribution is -0.0773. The smallest absolute Gasteiger partial charge is 0.214 e. The highest BCUT2D eigenvalue weighted by molar-refractivity contribution is 7.89. The number of sulfonamides is 1. The third kappa shape index (κ3) is 3.79. The molecule has 0 bridgehead atoms. The first-order valence-electron chi connectivity index (χ1n) is 8.37. The maximum atomic E-state index is 13.5. The maximum Gasteiger partial charge on any atom is 0.214 e. The average Bonchev–Trinajstić information content (AvgIpc) is 2.96. The van der Waals surface area contributed by atoms with E-state index in [1.165, 1.54) is 10.4 Å². The van der Waals surface area contributed by atoms with E-state index >= 15 is 0 Å². The molecule has 1 aromatic carbocycles. The van der Waals surface area contributed by atoms with Gasteiger partial charge in [-0.15, -0.1) is 0 Å². The van der Waals surface area contributed by atoms with Gasteiger partial charge in [-0.1, -0.05) is 18.2 Å². The minimum Gasteiger partial charge on any atom is -0.377 e. The van der Waals surface area contributed by atoms with Crippen LogP contribution in [0.5, 0.6) is 0 Å². The van der Waals surface area contributed by atoms with E-state index in [2.05, 4.69) is 0 Å². The van der Waals surface area contributed by atoms with Crippen molar-refractivity contribution < 1.29 is 22.3 Å². The van der Waals surface area contributed by atoms with Crippen molar-refractivity contribution in [2.45, 2.75) is 32.0 Å². The summed E-state index contributed by atoms with van der Waals surface area (Å²) in [6, 6.07) is 6.61. The Morgan fingerprint density at radius 3 is 2.83 bits per heavy atom. The number of ether oxygens (including phenoxy) is 2. The summed E-state index contributed by atoms with van der Waals surface area (Å²) >= 11 is 0. The molecule has 5 nitrogen and oxygen atoms in total. The van der Waals surface area contributed by atoms with Gasteiger partial charge in [-0.05, 0) is 31.7 Å². The molecule has 1 aromatic rings. The van der Waals surface area contributed by atoms with Crippen LogP contribution in [0.2, 0.25) is 0 Å². The van der Waals surface area contributed by atoms with E-state index in [0.717, 1.165) is 12.8 Å². The molecular weight excluding hydrogens is 333 g/mol. The number of halogens is 1. The SMILES string of the molecule is CCS(=O)(=O)N1CC2(CC(CCOCc3ccccc3F)CO2)C1. The Labute approximate surface area is 142 Å². The largest absolute Gasteiger partial charge is 0.377 e. The summed E-state index contributed by atoms with van der Waals surface area (Å²) < 4.78 is 50.0. The van der Waals surface area contributed by atoms with E-state index in [9.17, 15) is 12.8 Å². The lowest BCUT2D eigenvalue weighted by atomic mass is 9.88. The van der Waals surface area contributed by atoms with E-state index < -0.39 is 10.0 Å². The van der Waals surface area contributed by atoms with Crippen LogP contribution < -0.4 is 0 Å². The van der Waals surface area contributed by atoms with Gasteiger partial charge in [-0.2, -0.15) is 4.31 Å². The molecule has 1 atom stereocenters. The molecule has 0 saturated carbocycles. The highest BCUT2D eigenvalue weighted by atomic mass is 32.2. The molecule has 0 amide bonds. The van der Waals surface area contributed by atoms with Crippen molar-refractivity contribution in [3.05, 3.63) is 35.6 Å². The number of rotatable bonds is 7. The predicted octanol–water partition coefficient (Wildman–Crippen LogP) is 2.17. The van der Waals surface area contributed by atoms with Gasteiger partial charge < -0.3 is 9.47 Å². The molecule has 1 spiro atoms. The summed E-state index contributed by atoms with van der Waals surface area (Å²) in [6.07, 6.45) is 1.71. The van der Waals surface area contributed by atoms with Crippen molar-refractivity contribution in [2.75, 3.05) is 32.1 Å². The predicted molar refractivity (Wildman–Crippen MR) is 88.5 cm³/mol.